The fourth-order valence-corrected chi connectivity index (χ4v) is 2.07. The molecule has 0 saturated carbocycles. The lowest BCUT2D eigenvalue weighted by Gasteiger charge is -2.13. The molecule has 0 amide bonds. The van der Waals surface area contributed by atoms with Crippen molar-refractivity contribution in [2.24, 2.45) is 5.73 Å². The zero-order chi connectivity index (χ0) is 14.6. The molecule has 1 aromatic heterocycles. The predicted molar refractivity (Wildman–Crippen MR) is 67.5 cm³/mol. The second-order valence-electron chi connectivity index (χ2n) is 3.24. The van der Waals surface area contributed by atoms with E-state index in [4.69, 9.17) is 10.5 Å². The highest BCUT2D eigenvalue weighted by Crippen LogP contribution is 2.26. The predicted octanol–water partition coefficient (Wildman–Crippen LogP) is 2.22. The minimum Gasteiger partial charge on any atom is -0.462 e. The molecule has 0 bridgehead atoms. The normalized spacial score (nSPS) is 11.3. The Balaban J connectivity index is 3.18. The van der Waals surface area contributed by atoms with Crippen LogP contribution in [0.2, 0.25) is 0 Å². The molecule has 0 aromatic carbocycles. The highest BCUT2D eigenvalue weighted by atomic mass is 127. The molecule has 0 aliphatic rings. The maximum atomic E-state index is 12.1. The van der Waals surface area contributed by atoms with Gasteiger partial charge in [0.15, 0.2) is 0 Å². The van der Waals surface area contributed by atoms with E-state index in [1.165, 1.54) is 0 Å². The van der Waals surface area contributed by atoms with Gasteiger partial charge in [-0.15, -0.1) is 13.2 Å². The van der Waals surface area contributed by atoms with Crippen molar-refractivity contribution >= 4 is 28.6 Å². The number of ether oxygens (including phenoxy) is 2. The molecule has 19 heavy (non-hydrogen) atoms. The van der Waals surface area contributed by atoms with Crippen LogP contribution in [0, 0.1) is 3.57 Å². The molecule has 0 radical (unpaired) electrons. The summed E-state index contributed by atoms with van der Waals surface area (Å²) in [5.74, 6) is -1.34. The van der Waals surface area contributed by atoms with Gasteiger partial charge >= 0.3 is 12.3 Å². The van der Waals surface area contributed by atoms with Crippen LogP contribution in [0.1, 0.15) is 23.0 Å². The zero-order valence-corrected chi connectivity index (χ0v) is 11.9. The third-order valence-corrected chi connectivity index (χ3v) is 2.77. The number of nitrogens with two attached hydrogens (primary N) is 1. The van der Waals surface area contributed by atoms with Crippen LogP contribution in [0.15, 0.2) is 6.07 Å². The van der Waals surface area contributed by atoms with Gasteiger partial charge in [0.2, 0.25) is 5.88 Å². The summed E-state index contributed by atoms with van der Waals surface area (Å²) in [5.41, 5.74) is 5.42. The molecule has 0 unspecified atom stereocenters. The largest absolute Gasteiger partial charge is 0.574 e. The number of esters is 1. The van der Waals surface area contributed by atoms with Crippen LogP contribution < -0.4 is 10.5 Å². The fourth-order valence-electron chi connectivity index (χ4n) is 1.28. The third-order valence-electron chi connectivity index (χ3n) is 1.92. The molecule has 0 saturated heterocycles. The van der Waals surface area contributed by atoms with Crippen LogP contribution in [-0.2, 0) is 11.3 Å². The first-order chi connectivity index (χ1) is 8.78. The Morgan fingerprint density at radius 2 is 2.16 bits per heavy atom. The number of alkyl halides is 3. The van der Waals surface area contributed by atoms with Crippen molar-refractivity contribution in [1.82, 2.24) is 4.98 Å². The molecule has 0 fully saturated rings. The molecule has 2 N–H and O–H groups in total. The van der Waals surface area contributed by atoms with E-state index in [2.05, 4.69) is 9.72 Å². The molecule has 0 atom stereocenters. The van der Waals surface area contributed by atoms with E-state index in [0.29, 0.717) is 0 Å². The van der Waals surface area contributed by atoms with E-state index in [-0.39, 0.29) is 28.0 Å². The van der Waals surface area contributed by atoms with Crippen LogP contribution in [0.3, 0.4) is 0 Å². The zero-order valence-electron chi connectivity index (χ0n) is 9.75. The van der Waals surface area contributed by atoms with Gasteiger partial charge in [0, 0.05) is 16.2 Å². The lowest BCUT2D eigenvalue weighted by Crippen LogP contribution is -2.20. The number of rotatable bonds is 4. The van der Waals surface area contributed by atoms with Gasteiger partial charge in [-0.25, -0.2) is 9.78 Å². The number of carbonyl (C=O) groups is 1. The van der Waals surface area contributed by atoms with E-state index in [1.54, 1.807) is 29.5 Å². The minimum absolute atomic E-state index is 0.00963. The van der Waals surface area contributed by atoms with Gasteiger partial charge in [-0.1, -0.05) is 0 Å². The van der Waals surface area contributed by atoms with Crippen molar-refractivity contribution < 1.29 is 27.4 Å². The van der Waals surface area contributed by atoms with Gasteiger partial charge < -0.3 is 15.2 Å². The average molecular weight is 390 g/mol. The molecule has 1 heterocycles. The first kappa shape index (κ1) is 16.0. The van der Waals surface area contributed by atoms with E-state index in [1.807, 2.05) is 0 Å². The van der Waals surface area contributed by atoms with Gasteiger partial charge in [-0.05, 0) is 29.5 Å². The summed E-state index contributed by atoms with van der Waals surface area (Å²) in [5, 5.41) is 0. The second-order valence-corrected chi connectivity index (χ2v) is 4.40. The fraction of sp³-hybridized carbons (Fsp3) is 0.400. The lowest BCUT2D eigenvalue weighted by molar-refractivity contribution is -0.276. The van der Waals surface area contributed by atoms with Crippen molar-refractivity contribution in [3.8, 4) is 5.88 Å². The SMILES string of the molecule is CCOC(=O)c1c(I)cc(OC(F)(F)F)nc1CN. The quantitative estimate of drug-likeness (QED) is 0.631. The van der Waals surface area contributed by atoms with E-state index in [9.17, 15) is 18.0 Å². The summed E-state index contributed by atoms with van der Waals surface area (Å²) in [4.78, 5) is 15.2. The number of hydrogen-bond donors (Lipinski definition) is 1. The van der Waals surface area contributed by atoms with Crippen molar-refractivity contribution in [1.29, 1.82) is 0 Å². The van der Waals surface area contributed by atoms with Gasteiger partial charge in [-0.2, -0.15) is 0 Å². The highest BCUT2D eigenvalue weighted by Gasteiger charge is 2.32. The Morgan fingerprint density at radius 1 is 1.53 bits per heavy atom. The summed E-state index contributed by atoms with van der Waals surface area (Å²) in [6.45, 7) is 1.54. The van der Waals surface area contributed by atoms with Gasteiger partial charge in [0.05, 0.1) is 17.9 Å². The van der Waals surface area contributed by atoms with Crippen LogP contribution in [0.5, 0.6) is 5.88 Å². The van der Waals surface area contributed by atoms with E-state index in [0.717, 1.165) is 6.07 Å². The van der Waals surface area contributed by atoms with Crippen molar-refractivity contribution in [3.05, 3.63) is 20.9 Å². The molecule has 5 nitrogen and oxygen atoms in total. The molecule has 0 aliphatic heterocycles. The molecule has 0 aliphatic carbocycles. The number of aromatic nitrogens is 1. The molecule has 0 spiro atoms. The molecule has 1 rings (SSSR count). The molecule has 1 aromatic rings. The number of hydrogen-bond acceptors (Lipinski definition) is 5. The summed E-state index contributed by atoms with van der Waals surface area (Å²) in [6.07, 6.45) is -4.85. The molecular weight excluding hydrogens is 380 g/mol. The summed E-state index contributed by atoms with van der Waals surface area (Å²) in [6, 6.07) is 0.999. The topological polar surface area (TPSA) is 74.4 Å². The summed E-state index contributed by atoms with van der Waals surface area (Å²) in [7, 11) is 0. The molecule has 106 valence electrons. The smallest absolute Gasteiger partial charge is 0.462 e. The second kappa shape index (κ2) is 6.37. The minimum atomic E-state index is -4.85. The molecular formula is C10H10F3IN2O3. The van der Waals surface area contributed by atoms with Crippen molar-refractivity contribution in [3.63, 3.8) is 0 Å². The Hall–Kier alpha value is -1.10. The van der Waals surface area contributed by atoms with Crippen LogP contribution in [0.25, 0.3) is 0 Å². The van der Waals surface area contributed by atoms with E-state index >= 15 is 0 Å². The maximum absolute atomic E-state index is 12.1. The van der Waals surface area contributed by atoms with Gasteiger partial charge in [-0.3, -0.25) is 0 Å². The number of halogens is 4. The Morgan fingerprint density at radius 3 is 2.63 bits per heavy atom. The van der Waals surface area contributed by atoms with Gasteiger partial charge in [0.25, 0.3) is 0 Å². The van der Waals surface area contributed by atoms with Crippen LogP contribution >= 0.6 is 22.6 Å². The lowest BCUT2D eigenvalue weighted by atomic mass is 10.2. The Kier molecular flexibility index (Phi) is 5.35. The first-order valence-electron chi connectivity index (χ1n) is 5.10. The summed E-state index contributed by atoms with van der Waals surface area (Å²) >= 11 is 1.70. The van der Waals surface area contributed by atoms with Crippen molar-refractivity contribution in [2.45, 2.75) is 19.8 Å². The van der Waals surface area contributed by atoms with Crippen LogP contribution in [-0.4, -0.2) is 23.9 Å². The average Bonchev–Trinajstić information content (AvgIpc) is 2.25. The van der Waals surface area contributed by atoms with Crippen molar-refractivity contribution in [2.75, 3.05) is 6.61 Å². The first-order valence-corrected chi connectivity index (χ1v) is 6.18. The van der Waals surface area contributed by atoms with Crippen LogP contribution in [0.4, 0.5) is 13.2 Å². The standard InChI is InChI=1S/C10H10F3IN2O3/c1-2-18-9(17)8-5(14)3-7(16-6(8)4-15)19-10(11,12)13/h3H,2,4,15H2,1H3. The Labute approximate surface area is 120 Å². The van der Waals surface area contributed by atoms with Gasteiger partial charge in [0.1, 0.15) is 0 Å². The number of carbonyl (C=O) groups excluding carboxylic acids is 1. The van der Waals surface area contributed by atoms with E-state index < -0.39 is 18.2 Å². The Bertz CT molecular complexity index is 480. The molecule has 9 heteroatoms. The summed E-state index contributed by atoms with van der Waals surface area (Å²) < 4.78 is 45.0. The monoisotopic (exact) mass is 390 g/mol. The maximum Gasteiger partial charge on any atom is 0.574 e. The number of pyridine rings is 1. The number of nitrogens with zero attached hydrogens (tertiary/aromatic N) is 1. The highest BCUT2D eigenvalue weighted by molar-refractivity contribution is 14.1. The third kappa shape index (κ3) is 4.49.